The van der Waals surface area contributed by atoms with Gasteiger partial charge < -0.3 is 5.73 Å². The first-order chi connectivity index (χ1) is 7.72. The zero-order valence-corrected chi connectivity index (χ0v) is 9.17. The second-order valence-corrected chi connectivity index (χ2v) is 4.25. The Morgan fingerprint density at radius 3 is 3.12 bits per heavy atom. The van der Waals surface area contributed by atoms with Crippen molar-refractivity contribution >= 4 is 5.95 Å². The molecule has 16 heavy (non-hydrogen) atoms. The zero-order valence-electron chi connectivity index (χ0n) is 9.17. The van der Waals surface area contributed by atoms with Gasteiger partial charge in [-0.05, 0) is 17.9 Å². The Balaban J connectivity index is 1.87. The molecule has 1 atom stereocenters. The Kier molecular flexibility index (Phi) is 1.95. The topological polar surface area (TPSA) is 74.5 Å². The molecule has 0 aromatic carbocycles. The lowest BCUT2D eigenvalue weighted by molar-refractivity contribution is 0.434. The minimum absolute atomic E-state index is 0.377. The lowest BCUT2D eigenvalue weighted by Crippen LogP contribution is -2.18. The van der Waals surface area contributed by atoms with Crippen LogP contribution in [0.25, 0.3) is 0 Å². The molecule has 3 heterocycles. The van der Waals surface area contributed by atoms with Gasteiger partial charge in [0.1, 0.15) is 5.82 Å². The van der Waals surface area contributed by atoms with E-state index in [0.717, 1.165) is 25.2 Å². The zero-order chi connectivity index (χ0) is 11.1. The van der Waals surface area contributed by atoms with Crippen molar-refractivity contribution in [3.8, 4) is 0 Å². The molecule has 6 heteroatoms. The molecule has 1 aliphatic heterocycles. The van der Waals surface area contributed by atoms with Crippen molar-refractivity contribution in [1.82, 2.24) is 24.5 Å². The summed E-state index contributed by atoms with van der Waals surface area (Å²) in [7, 11) is 1.94. The number of hydrogen-bond donors (Lipinski definition) is 1. The van der Waals surface area contributed by atoms with Crippen molar-refractivity contribution in [2.45, 2.75) is 25.3 Å². The smallest absolute Gasteiger partial charge is 0.239 e. The molecule has 2 N–H and O–H groups in total. The van der Waals surface area contributed by atoms with E-state index in [2.05, 4.69) is 21.4 Å². The van der Waals surface area contributed by atoms with E-state index in [1.807, 2.05) is 22.6 Å². The minimum Gasteiger partial charge on any atom is -0.366 e. The van der Waals surface area contributed by atoms with Crippen molar-refractivity contribution in [2.24, 2.45) is 7.05 Å². The molecular formula is C10H14N6. The largest absolute Gasteiger partial charge is 0.366 e. The van der Waals surface area contributed by atoms with E-state index in [1.165, 1.54) is 5.56 Å². The highest BCUT2D eigenvalue weighted by molar-refractivity contribution is 5.19. The van der Waals surface area contributed by atoms with Gasteiger partial charge in [0.25, 0.3) is 0 Å². The molecule has 0 fully saturated rings. The average molecular weight is 218 g/mol. The molecule has 3 rings (SSSR count). The maximum absolute atomic E-state index is 5.59. The normalized spacial score (nSPS) is 19.7. The highest BCUT2D eigenvalue weighted by Crippen LogP contribution is 2.28. The SMILES string of the molecule is Cn1cc(C2CCn3nc(N)nc3C2)cn1. The van der Waals surface area contributed by atoms with E-state index >= 15 is 0 Å². The Morgan fingerprint density at radius 1 is 1.50 bits per heavy atom. The van der Waals surface area contributed by atoms with E-state index in [4.69, 9.17) is 5.73 Å². The molecule has 0 spiro atoms. The van der Waals surface area contributed by atoms with Crippen LogP contribution in [0, 0.1) is 0 Å². The maximum Gasteiger partial charge on any atom is 0.239 e. The van der Waals surface area contributed by atoms with Gasteiger partial charge in [-0.3, -0.25) is 4.68 Å². The van der Waals surface area contributed by atoms with Gasteiger partial charge in [0.15, 0.2) is 0 Å². The first-order valence-corrected chi connectivity index (χ1v) is 5.40. The van der Waals surface area contributed by atoms with Crippen LogP contribution in [0.5, 0.6) is 0 Å². The molecule has 0 saturated heterocycles. The molecule has 6 nitrogen and oxygen atoms in total. The predicted molar refractivity (Wildman–Crippen MR) is 58.7 cm³/mol. The fourth-order valence-corrected chi connectivity index (χ4v) is 2.26. The lowest BCUT2D eigenvalue weighted by Gasteiger charge is -2.20. The van der Waals surface area contributed by atoms with Crippen molar-refractivity contribution in [1.29, 1.82) is 0 Å². The van der Waals surface area contributed by atoms with Crippen LogP contribution in [0.3, 0.4) is 0 Å². The predicted octanol–water partition coefficient (Wildman–Crippen LogP) is 0.324. The highest BCUT2D eigenvalue weighted by Gasteiger charge is 2.23. The van der Waals surface area contributed by atoms with Crippen molar-refractivity contribution in [3.63, 3.8) is 0 Å². The number of aromatic nitrogens is 5. The molecule has 0 aliphatic carbocycles. The number of nitrogens with zero attached hydrogens (tertiary/aromatic N) is 5. The number of fused-ring (bicyclic) bond motifs is 1. The molecule has 84 valence electrons. The summed E-state index contributed by atoms with van der Waals surface area (Å²) >= 11 is 0. The molecule has 1 aliphatic rings. The van der Waals surface area contributed by atoms with Gasteiger partial charge >= 0.3 is 0 Å². The van der Waals surface area contributed by atoms with Crippen molar-refractivity contribution < 1.29 is 0 Å². The van der Waals surface area contributed by atoms with E-state index in [9.17, 15) is 0 Å². The molecule has 1 unspecified atom stereocenters. The van der Waals surface area contributed by atoms with Gasteiger partial charge in [0.05, 0.1) is 6.20 Å². The number of rotatable bonds is 1. The molecule has 0 amide bonds. The molecule has 0 saturated carbocycles. The number of nitrogen functional groups attached to an aromatic ring is 1. The number of anilines is 1. The molecular weight excluding hydrogens is 204 g/mol. The summed E-state index contributed by atoms with van der Waals surface area (Å²) in [5, 5.41) is 8.35. The summed E-state index contributed by atoms with van der Waals surface area (Å²) in [6.07, 6.45) is 5.97. The fraction of sp³-hybridized carbons (Fsp3) is 0.500. The van der Waals surface area contributed by atoms with Gasteiger partial charge in [-0.15, -0.1) is 5.10 Å². The van der Waals surface area contributed by atoms with E-state index < -0.39 is 0 Å². The van der Waals surface area contributed by atoms with E-state index in [1.54, 1.807) is 0 Å². The van der Waals surface area contributed by atoms with Crippen LogP contribution in [-0.2, 0) is 20.0 Å². The van der Waals surface area contributed by atoms with Gasteiger partial charge in [-0.25, -0.2) is 4.68 Å². The Morgan fingerprint density at radius 2 is 2.38 bits per heavy atom. The maximum atomic E-state index is 5.59. The van der Waals surface area contributed by atoms with Crippen molar-refractivity contribution in [2.75, 3.05) is 5.73 Å². The number of hydrogen-bond acceptors (Lipinski definition) is 4. The minimum atomic E-state index is 0.377. The monoisotopic (exact) mass is 218 g/mol. The molecule has 2 aromatic heterocycles. The standard InChI is InChI=1S/C10H14N6/c1-15-6-8(5-12-15)7-2-3-16-9(4-7)13-10(11)14-16/h5-7H,2-4H2,1H3,(H2,11,14). The Labute approximate surface area is 93.1 Å². The summed E-state index contributed by atoms with van der Waals surface area (Å²) in [4.78, 5) is 4.24. The Hall–Kier alpha value is -1.85. The van der Waals surface area contributed by atoms with Crippen LogP contribution in [0.4, 0.5) is 5.95 Å². The Bertz CT molecular complexity index is 511. The third-order valence-electron chi connectivity index (χ3n) is 3.08. The molecule has 2 aromatic rings. The molecule has 0 bridgehead atoms. The van der Waals surface area contributed by atoms with Gasteiger partial charge in [-0.2, -0.15) is 10.1 Å². The first kappa shape index (κ1) is 9.38. The van der Waals surface area contributed by atoms with Gasteiger partial charge in [-0.1, -0.05) is 0 Å². The third kappa shape index (κ3) is 1.46. The van der Waals surface area contributed by atoms with E-state index in [-0.39, 0.29) is 0 Å². The van der Waals surface area contributed by atoms with Crippen molar-refractivity contribution in [3.05, 3.63) is 23.8 Å². The van der Waals surface area contributed by atoms with Crippen LogP contribution in [0.1, 0.15) is 23.7 Å². The average Bonchev–Trinajstić information content (AvgIpc) is 2.81. The summed E-state index contributed by atoms with van der Waals surface area (Å²) in [6, 6.07) is 0. The van der Waals surface area contributed by atoms with Crippen LogP contribution < -0.4 is 5.73 Å². The van der Waals surface area contributed by atoms with E-state index in [0.29, 0.717) is 11.9 Å². The first-order valence-electron chi connectivity index (χ1n) is 5.40. The highest BCUT2D eigenvalue weighted by atomic mass is 15.4. The van der Waals surface area contributed by atoms with Crippen LogP contribution in [-0.4, -0.2) is 24.5 Å². The fourth-order valence-electron chi connectivity index (χ4n) is 2.26. The van der Waals surface area contributed by atoms with Gasteiger partial charge in [0, 0.05) is 26.2 Å². The summed E-state index contributed by atoms with van der Waals surface area (Å²) < 4.78 is 3.74. The summed E-state index contributed by atoms with van der Waals surface area (Å²) in [5.41, 5.74) is 6.86. The quantitative estimate of drug-likeness (QED) is 0.748. The summed E-state index contributed by atoms with van der Waals surface area (Å²) in [6.45, 7) is 0.888. The number of nitrogens with two attached hydrogens (primary N) is 1. The molecule has 0 radical (unpaired) electrons. The van der Waals surface area contributed by atoms with Crippen LogP contribution in [0.15, 0.2) is 12.4 Å². The third-order valence-corrected chi connectivity index (χ3v) is 3.08. The second kappa shape index (κ2) is 3.33. The van der Waals surface area contributed by atoms with Gasteiger partial charge in [0.2, 0.25) is 5.95 Å². The van der Waals surface area contributed by atoms with Crippen LogP contribution >= 0.6 is 0 Å². The lowest BCUT2D eigenvalue weighted by atomic mass is 9.92. The van der Waals surface area contributed by atoms with Crippen LogP contribution in [0.2, 0.25) is 0 Å². The summed E-state index contributed by atoms with van der Waals surface area (Å²) in [5.74, 6) is 1.85. The second-order valence-electron chi connectivity index (χ2n) is 4.25. The number of aryl methyl sites for hydroxylation is 2.